The highest BCUT2D eigenvalue weighted by Crippen LogP contribution is 2.41. The summed E-state index contributed by atoms with van der Waals surface area (Å²) in [5.41, 5.74) is 8.91. The summed E-state index contributed by atoms with van der Waals surface area (Å²) >= 11 is 0. The molecule has 5 nitrogen and oxygen atoms in total. The van der Waals surface area contributed by atoms with E-state index in [1.807, 2.05) is 25.3 Å². The fourth-order valence-electron chi connectivity index (χ4n) is 4.76. The maximum absolute atomic E-state index is 6.30. The topological polar surface area (TPSA) is 47.7 Å². The van der Waals surface area contributed by atoms with Gasteiger partial charge >= 0.3 is 0 Å². The number of para-hydroxylation sites is 1. The molecule has 156 valence electrons. The Kier molecular flexibility index (Phi) is 3.96. The Hall–Kier alpha value is -3.99. The molecule has 6 aromatic rings. The Morgan fingerprint density at radius 1 is 1.00 bits per heavy atom. The summed E-state index contributed by atoms with van der Waals surface area (Å²) in [5, 5.41) is 3.19. The molecule has 0 radical (unpaired) electrons. The minimum absolute atomic E-state index is 0.636. The zero-order chi connectivity index (χ0) is 22.0. The number of rotatable bonds is 2. The molecule has 0 spiro atoms. The van der Waals surface area contributed by atoms with E-state index in [-0.39, 0.29) is 0 Å². The van der Waals surface area contributed by atoms with Crippen LogP contribution in [0.1, 0.15) is 11.3 Å². The zero-order valence-corrected chi connectivity index (χ0v) is 18.5. The second-order valence-electron chi connectivity index (χ2n) is 8.41. The van der Waals surface area contributed by atoms with Gasteiger partial charge in [-0.15, -0.1) is 0 Å². The van der Waals surface area contributed by atoms with E-state index in [9.17, 15) is 0 Å². The van der Waals surface area contributed by atoms with Gasteiger partial charge in [-0.3, -0.25) is 4.98 Å². The van der Waals surface area contributed by atoms with Crippen LogP contribution in [0.15, 0.2) is 71.4 Å². The van der Waals surface area contributed by atoms with Gasteiger partial charge in [-0.1, -0.05) is 18.2 Å². The number of aromatic nitrogens is 4. The van der Waals surface area contributed by atoms with Gasteiger partial charge in [0, 0.05) is 53.4 Å². The van der Waals surface area contributed by atoms with E-state index in [0.717, 1.165) is 50.3 Å². The van der Waals surface area contributed by atoms with Crippen LogP contribution < -0.4 is 4.57 Å². The molecule has 0 atom stereocenters. The van der Waals surface area contributed by atoms with Crippen molar-refractivity contribution in [1.82, 2.24) is 14.5 Å². The van der Waals surface area contributed by atoms with Gasteiger partial charge in [0.15, 0.2) is 6.20 Å². The lowest BCUT2D eigenvalue weighted by atomic mass is 9.97. The fraction of sp³-hybridized carbons (Fsp3) is 0.148. The van der Waals surface area contributed by atoms with Crippen LogP contribution in [0.25, 0.3) is 55.6 Å². The molecular weight excluding hydrogens is 396 g/mol. The van der Waals surface area contributed by atoms with E-state index in [1.165, 1.54) is 10.9 Å². The normalized spacial score (nSPS) is 11.8. The van der Waals surface area contributed by atoms with Crippen LogP contribution in [0.2, 0.25) is 0 Å². The second kappa shape index (κ2) is 6.76. The van der Waals surface area contributed by atoms with Gasteiger partial charge in [0.25, 0.3) is 0 Å². The van der Waals surface area contributed by atoms with Crippen molar-refractivity contribution < 1.29 is 8.98 Å². The Labute approximate surface area is 185 Å². The molecule has 5 heteroatoms. The van der Waals surface area contributed by atoms with Gasteiger partial charge in [-0.25, -0.2) is 9.55 Å². The summed E-state index contributed by atoms with van der Waals surface area (Å²) in [6, 6.07) is 18.9. The Morgan fingerprint density at radius 3 is 2.62 bits per heavy atom. The van der Waals surface area contributed by atoms with Crippen LogP contribution in [0, 0.1) is 13.8 Å². The van der Waals surface area contributed by atoms with Crippen molar-refractivity contribution in [2.45, 2.75) is 13.8 Å². The van der Waals surface area contributed by atoms with Crippen LogP contribution in [-0.2, 0) is 14.1 Å². The summed E-state index contributed by atoms with van der Waals surface area (Å²) < 4.78 is 10.7. The second-order valence-corrected chi connectivity index (χ2v) is 8.41. The SMILES string of the molecule is Cc1cc2oc3nc(-c4cc5ccccc5n4C)c(C)c(-c4cccc[n+]4C)c3c2cn1. The highest BCUT2D eigenvalue weighted by Gasteiger charge is 2.25. The lowest BCUT2D eigenvalue weighted by Crippen LogP contribution is -2.30. The van der Waals surface area contributed by atoms with Crippen LogP contribution >= 0.6 is 0 Å². The number of aryl methyl sites for hydroxylation is 3. The summed E-state index contributed by atoms with van der Waals surface area (Å²) in [6.07, 6.45) is 3.97. The summed E-state index contributed by atoms with van der Waals surface area (Å²) in [4.78, 5) is 9.60. The summed E-state index contributed by atoms with van der Waals surface area (Å²) in [6.45, 7) is 4.13. The fourth-order valence-corrected chi connectivity index (χ4v) is 4.76. The van der Waals surface area contributed by atoms with Crippen molar-refractivity contribution in [3.8, 4) is 22.6 Å². The third-order valence-corrected chi connectivity index (χ3v) is 6.39. The molecule has 32 heavy (non-hydrogen) atoms. The number of hydrogen-bond donors (Lipinski definition) is 0. The van der Waals surface area contributed by atoms with Gasteiger partial charge in [-0.2, -0.15) is 0 Å². The van der Waals surface area contributed by atoms with E-state index in [2.05, 4.69) is 83.8 Å². The van der Waals surface area contributed by atoms with Crippen LogP contribution in [-0.4, -0.2) is 14.5 Å². The molecule has 0 aliphatic carbocycles. The summed E-state index contributed by atoms with van der Waals surface area (Å²) in [7, 11) is 4.17. The quantitative estimate of drug-likeness (QED) is 0.341. The average molecular weight is 420 g/mol. The zero-order valence-electron chi connectivity index (χ0n) is 18.5. The number of benzene rings is 1. The monoisotopic (exact) mass is 419 g/mol. The van der Waals surface area contributed by atoms with E-state index in [4.69, 9.17) is 9.40 Å². The molecule has 0 amide bonds. The lowest BCUT2D eigenvalue weighted by molar-refractivity contribution is -0.660. The van der Waals surface area contributed by atoms with Gasteiger partial charge in [-0.05, 0) is 37.6 Å². The molecule has 5 heterocycles. The van der Waals surface area contributed by atoms with Crippen molar-refractivity contribution in [2.24, 2.45) is 14.1 Å². The predicted octanol–water partition coefficient (Wildman–Crippen LogP) is 5.64. The number of furan rings is 1. The largest absolute Gasteiger partial charge is 0.438 e. The van der Waals surface area contributed by atoms with E-state index in [1.54, 1.807) is 0 Å². The first-order valence-corrected chi connectivity index (χ1v) is 10.7. The Balaban J connectivity index is 1.78. The van der Waals surface area contributed by atoms with E-state index >= 15 is 0 Å². The number of fused-ring (bicyclic) bond motifs is 4. The Morgan fingerprint density at radius 2 is 1.81 bits per heavy atom. The van der Waals surface area contributed by atoms with Crippen LogP contribution in [0.5, 0.6) is 0 Å². The predicted molar refractivity (Wildman–Crippen MR) is 127 cm³/mol. The maximum Gasteiger partial charge on any atom is 0.228 e. The standard InChI is InChI=1S/C27H23N4O/c1-16-13-23-19(15-28-16)25-24(21-11-7-8-12-30(21)3)17(2)26(29-27(25)32-23)22-14-18-9-5-6-10-20(18)31(22)4/h5-15H,1-4H3/q+1. The average Bonchev–Trinajstić information content (AvgIpc) is 3.31. The highest BCUT2D eigenvalue weighted by atomic mass is 16.3. The first-order chi connectivity index (χ1) is 15.5. The molecule has 0 N–H and O–H groups in total. The molecule has 0 aliphatic heterocycles. The van der Waals surface area contributed by atoms with Gasteiger partial charge in [0.2, 0.25) is 11.4 Å². The molecule has 0 fully saturated rings. The number of hydrogen-bond acceptors (Lipinski definition) is 3. The maximum atomic E-state index is 6.30. The van der Waals surface area contributed by atoms with E-state index in [0.29, 0.717) is 5.71 Å². The number of nitrogens with zero attached hydrogens (tertiary/aromatic N) is 4. The molecule has 0 unspecified atom stereocenters. The van der Waals surface area contributed by atoms with Crippen molar-refractivity contribution in [3.05, 3.63) is 78.2 Å². The molecular formula is C27H23N4O+. The first-order valence-electron chi connectivity index (χ1n) is 10.7. The third-order valence-electron chi connectivity index (χ3n) is 6.39. The van der Waals surface area contributed by atoms with Crippen molar-refractivity contribution in [3.63, 3.8) is 0 Å². The van der Waals surface area contributed by atoms with Crippen molar-refractivity contribution in [1.29, 1.82) is 0 Å². The Bertz CT molecular complexity index is 1670. The summed E-state index contributed by atoms with van der Waals surface area (Å²) in [5.74, 6) is 0. The highest BCUT2D eigenvalue weighted by molar-refractivity contribution is 6.12. The first kappa shape index (κ1) is 18.8. The molecule has 1 aromatic carbocycles. The van der Waals surface area contributed by atoms with Crippen molar-refractivity contribution in [2.75, 3.05) is 0 Å². The van der Waals surface area contributed by atoms with Gasteiger partial charge in [0.05, 0.1) is 22.3 Å². The minimum Gasteiger partial charge on any atom is -0.438 e. The molecule has 6 rings (SSSR count). The smallest absolute Gasteiger partial charge is 0.228 e. The molecule has 0 saturated carbocycles. The number of pyridine rings is 3. The molecule has 0 saturated heterocycles. The lowest BCUT2D eigenvalue weighted by Gasteiger charge is -2.12. The van der Waals surface area contributed by atoms with Crippen LogP contribution in [0.3, 0.4) is 0 Å². The molecule has 0 bridgehead atoms. The van der Waals surface area contributed by atoms with E-state index < -0.39 is 0 Å². The van der Waals surface area contributed by atoms with Gasteiger partial charge in [0.1, 0.15) is 12.6 Å². The van der Waals surface area contributed by atoms with Crippen LogP contribution in [0.4, 0.5) is 0 Å². The van der Waals surface area contributed by atoms with Crippen molar-refractivity contribution >= 4 is 33.0 Å². The molecule has 0 aliphatic rings. The third kappa shape index (κ3) is 2.61. The molecule has 5 aromatic heterocycles. The van der Waals surface area contributed by atoms with Gasteiger partial charge < -0.3 is 8.98 Å². The minimum atomic E-state index is 0.636.